The fourth-order valence-corrected chi connectivity index (χ4v) is 2.74. The molecule has 0 unspecified atom stereocenters. The van der Waals surface area contributed by atoms with Crippen LogP contribution in [0.2, 0.25) is 0 Å². The van der Waals surface area contributed by atoms with Crippen molar-refractivity contribution in [3.63, 3.8) is 0 Å². The molecule has 21 heavy (non-hydrogen) atoms. The SMILES string of the molecule is [2H]c1ccc(-c2nc(C)c3c(n2)CCN(CCC)C3=O)cc1. The van der Waals surface area contributed by atoms with E-state index in [0.717, 1.165) is 42.9 Å². The average molecular weight is 282 g/mol. The van der Waals surface area contributed by atoms with Crippen LogP contribution in [0, 0.1) is 6.92 Å². The maximum absolute atomic E-state index is 12.5. The van der Waals surface area contributed by atoms with Crippen LogP contribution in [0.5, 0.6) is 0 Å². The Balaban J connectivity index is 2.01. The molecule has 1 aromatic carbocycles. The van der Waals surface area contributed by atoms with Gasteiger partial charge in [0.25, 0.3) is 5.91 Å². The van der Waals surface area contributed by atoms with Gasteiger partial charge in [-0.05, 0) is 13.3 Å². The molecule has 0 N–H and O–H groups in total. The zero-order valence-electron chi connectivity index (χ0n) is 13.4. The highest BCUT2D eigenvalue weighted by atomic mass is 16.2. The van der Waals surface area contributed by atoms with Gasteiger partial charge in [0.2, 0.25) is 0 Å². The number of carbonyl (C=O) groups is 1. The predicted molar refractivity (Wildman–Crippen MR) is 82.1 cm³/mol. The third-order valence-corrected chi connectivity index (χ3v) is 3.75. The molecule has 4 heteroatoms. The second kappa shape index (κ2) is 5.64. The van der Waals surface area contributed by atoms with E-state index in [1.807, 2.05) is 24.0 Å². The summed E-state index contributed by atoms with van der Waals surface area (Å²) in [4.78, 5) is 23.5. The summed E-state index contributed by atoms with van der Waals surface area (Å²) in [5.41, 5.74) is 3.13. The molecule has 108 valence electrons. The summed E-state index contributed by atoms with van der Waals surface area (Å²) in [6, 6.07) is 7.60. The summed E-state index contributed by atoms with van der Waals surface area (Å²) in [5.74, 6) is 0.682. The number of benzene rings is 1. The van der Waals surface area contributed by atoms with Gasteiger partial charge in [0.1, 0.15) is 0 Å². The Kier molecular flexibility index (Phi) is 3.36. The molecular weight excluding hydrogens is 262 g/mol. The van der Waals surface area contributed by atoms with E-state index >= 15 is 0 Å². The summed E-state index contributed by atoms with van der Waals surface area (Å²) in [6.45, 7) is 5.45. The van der Waals surface area contributed by atoms with Crippen LogP contribution in [0.1, 0.15) is 36.5 Å². The van der Waals surface area contributed by atoms with Crippen LogP contribution in [0.4, 0.5) is 0 Å². The number of hydrogen-bond acceptors (Lipinski definition) is 3. The van der Waals surface area contributed by atoms with Crippen LogP contribution < -0.4 is 0 Å². The van der Waals surface area contributed by atoms with Gasteiger partial charge in [0.05, 0.1) is 18.3 Å². The largest absolute Gasteiger partial charge is 0.338 e. The van der Waals surface area contributed by atoms with Crippen molar-refractivity contribution in [3.05, 3.63) is 47.3 Å². The molecule has 4 nitrogen and oxygen atoms in total. The lowest BCUT2D eigenvalue weighted by molar-refractivity contribution is 0.0736. The molecule has 0 bridgehead atoms. The van der Waals surface area contributed by atoms with Crippen molar-refractivity contribution in [3.8, 4) is 11.4 Å². The van der Waals surface area contributed by atoms with Gasteiger partial charge in [-0.15, -0.1) is 0 Å². The van der Waals surface area contributed by atoms with Gasteiger partial charge < -0.3 is 4.90 Å². The first-order chi connectivity index (χ1) is 10.6. The van der Waals surface area contributed by atoms with Crippen LogP contribution in [-0.2, 0) is 6.42 Å². The first kappa shape index (κ1) is 12.5. The van der Waals surface area contributed by atoms with E-state index in [0.29, 0.717) is 17.4 Å². The van der Waals surface area contributed by atoms with Crippen molar-refractivity contribution in [2.24, 2.45) is 0 Å². The number of hydrogen-bond donors (Lipinski definition) is 0. The Labute approximate surface area is 126 Å². The molecule has 0 fully saturated rings. The molecule has 0 aliphatic carbocycles. The molecule has 0 spiro atoms. The Bertz CT molecular complexity index is 713. The van der Waals surface area contributed by atoms with Gasteiger partial charge in [0.15, 0.2) is 5.82 Å². The summed E-state index contributed by atoms with van der Waals surface area (Å²) in [7, 11) is 0. The van der Waals surface area contributed by atoms with E-state index < -0.39 is 0 Å². The maximum Gasteiger partial charge on any atom is 0.257 e. The second-order valence-electron chi connectivity index (χ2n) is 5.29. The van der Waals surface area contributed by atoms with E-state index in [-0.39, 0.29) is 5.91 Å². The number of aryl methyl sites for hydroxylation is 1. The lowest BCUT2D eigenvalue weighted by Gasteiger charge is -2.28. The van der Waals surface area contributed by atoms with Crippen molar-refractivity contribution in [2.45, 2.75) is 26.7 Å². The van der Waals surface area contributed by atoms with Crippen LogP contribution in [-0.4, -0.2) is 33.9 Å². The fourth-order valence-electron chi connectivity index (χ4n) is 2.74. The van der Waals surface area contributed by atoms with Crippen molar-refractivity contribution >= 4 is 5.91 Å². The number of aromatic nitrogens is 2. The highest BCUT2D eigenvalue weighted by Crippen LogP contribution is 2.23. The molecule has 1 amide bonds. The zero-order valence-corrected chi connectivity index (χ0v) is 12.4. The number of rotatable bonds is 3. The Morgan fingerprint density at radius 3 is 2.81 bits per heavy atom. The smallest absolute Gasteiger partial charge is 0.257 e. The molecule has 2 aromatic rings. The third-order valence-electron chi connectivity index (χ3n) is 3.75. The zero-order chi connectivity index (χ0) is 15.7. The molecule has 2 heterocycles. The lowest BCUT2D eigenvalue weighted by atomic mass is 10.0. The first-order valence-electron chi connectivity index (χ1n) is 7.84. The molecule has 1 aromatic heterocycles. The minimum absolute atomic E-state index is 0.0497. The summed E-state index contributed by atoms with van der Waals surface area (Å²) in [5, 5.41) is 0. The molecule has 0 radical (unpaired) electrons. The van der Waals surface area contributed by atoms with Crippen LogP contribution in [0.25, 0.3) is 11.4 Å². The van der Waals surface area contributed by atoms with Crippen LogP contribution in [0.3, 0.4) is 0 Å². The number of fused-ring (bicyclic) bond motifs is 1. The predicted octanol–water partition coefficient (Wildman–Crippen LogP) is 2.86. The van der Waals surface area contributed by atoms with Gasteiger partial charge in [-0.1, -0.05) is 37.2 Å². The van der Waals surface area contributed by atoms with Gasteiger partial charge in [-0.3, -0.25) is 4.79 Å². The Morgan fingerprint density at radius 1 is 1.33 bits per heavy atom. The van der Waals surface area contributed by atoms with E-state index in [2.05, 4.69) is 16.9 Å². The van der Waals surface area contributed by atoms with E-state index in [9.17, 15) is 4.79 Å². The average Bonchev–Trinajstić information content (AvgIpc) is 2.50. The Hall–Kier alpha value is -2.23. The molecule has 1 aliphatic rings. The molecular formula is C17H19N3O. The summed E-state index contributed by atoms with van der Waals surface area (Å²) < 4.78 is 7.55. The van der Waals surface area contributed by atoms with Gasteiger partial charge in [0, 0.05) is 25.1 Å². The van der Waals surface area contributed by atoms with Gasteiger partial charge in [-0.25, -0.2) is 9.97 Å². The lowest BCUT2D eigenvalue weighted by Crippen LogP contribution is -2.39. The summed E-state index contributed by atoms with van der Waals surface area (Å²) >= 11 is 0. The molecule has 3 rings (SSSR count). The first-order valence-corrected chi connectivity index (χ1v) is 7.34. The minimum Gasteiger partial charge on any atom is -0.338 e. The molecule has 0 saturated heterocycles. The van der Waals surface area contributed by atoms with Crippen molar-refractivity contribution in [1.82, 2.24) is 14.9 Å². The molecule has 1 aliphatic heterocycles. The second-order valence-corrected chi connectivity index (χ2v) is 5.29. The Morgan fingerprint density at radius 2 is 2.10 bits per heavy atom. The fraction of sp³-hybridized carbons (Fsp3) is 0.353. The van der Waals surface area contributed by atoms with Crippen molar-refractivity contribution < 1.29 is 6.17 Å². The van der Waals surface area contributed by atoms with Crippen molar-refractivity contribution in [2.75, 3.05) is 13.1 Å². The van der Waals surface area contributed by atoms with Crippen molar-refractivity contribution in [1.29, 1.82) is 0 Å². The van der Waals surface area contributed by atoms with E-state index in [1.54, 1.807) is 12.1 Å². The van der Waals surface area contributed by atoms with E-state index in [4.69, 9.17) is 1.37 Å². The number of amides is 1. The standard InChI is InChI=1S/C17H19N3O/c1-3-10-20-11-9-14-15(17(20)21)12(2)18-16(19-14)13-7-5-4-6-8-13/h4-8H,3,9-11H2,1-2H3/i4D. The highest BCUT2D eigenvalue weighted by Gasteiger charge is 2.27. The van der Waals surface area contributed by atoms with Gasteiger partial charge in [-0.2, -0.15) is 0 Å². The maximum atomic E-state index is 12.5. The number of nitrogens with zero attached hydrogens (tertiary/aromatic N) is 3. The van der Waals surface area contributed by atoms with Crippen LogP contribution >= 0.6 is 0 Å². The monoisotopic (exact) mass is 282 g/mol. The summed E-state index contributed by atoms with van der Waals surface area (Å²) in [6.07, 6.45) is 1.73. The minimum atomic E-state index is 0.0497. The third kappa shape index (κ3) is 2.53. The topological polar surface area (TPSA) is 46.1 Å². The van der Waals surface area contributed by atoms with E-state index in [1.165, 1.54) is 0 Å². The van der Waals surface area contributed by atoms with Gasteiger partial charge >= 0.3 is 0 Å². The molecule has 0 atom stereocenters. The normalized spacial score (nSPS) is 14.9. The van der Waals surface area contributed by atoms with Crippen LogP contribution in [0.15, 0.2) is 30.3 Å². The number of carbonyl (C=O) groups excluding carboxylic acids is 1. The quantitative estimate of drug-likeness (QED) is 0.869. The molecule has 0 saturated carbocycles. The highest BCUT2D eigenvalue weighted by molar-refractivity contribution is 5.97.